The fourth-order valence-corrected chi connectivity index (χ4v) is 5.76. The summed E-state index contributed by atoms with van der Waals surface area (Å²) in [6.07, 6.45) is 9.91. The number of carbonyl (C=O) groups is 3. The highest BCUT2D eigenvalue weighted by molar-refractivity contribution is 5.95. The fraction of sp³-hybridized carbons (Fsp3) is 0.359. The van der Waals surface area contributed by atoms with E-state index >= 15 is 0 Å². The van der Waals surface area contributed by atoms with Crippen molar-refractivity contribution in [2.24, 2.45) is 5.73 Å². The van der Waals surface area contributed by atoms with E-state index < -0.39 is 24.1 Å². The van der Waals surface area contributed by atoms with Crippen LogP contribution in [0.3, 0.4) is 0 Å². The van der Waals surface area contributed by atoms with Crippen LogP contribution in [0.5, 0.6) is 0 Å². The molecule has 0 heterocycles. The number of hydrogen-bond acceptors (Lipinski definition) is 5. The zero-order chi connectivity index (χ0) is 33.8. The van der Waals surface area contributed by atoms with Crippen LogP contribution >= 0.6 is 0 Å². The summed E-state index contributed by atoms with van der Waals surface area (Å²) in [5, 5.41) is 12.7. The van der Waals surface area contributed by atoms with Crippen molar-refractivity contribution in [3.05, 3.63) is 120 Å². The van der Waals surface area contributed by atoms with Crippen molar-refractivity contribution in [3.8, 4) is 11.1 Å². The normalized spacial score (nSPS) is 15.9. The minimum absolute atomic E-state index is 0.0466. The third-order valence-electron chi connectivity index (χ3n) is 8.77. The Morgan fingerprint density at radius 2 is 1.47 bits per heavy atom. The predicted octanol–water partition coefficient (Wildman–Crippen LogP) is 5.02. The first-order valence-electron chi connectivity index (χ1n) is 16.4. The van der Waals surface area contributed by atoms with Crippen LogP contribution in [0.2, 0.25) is 0 Å². The highest BCUT2D eigenvalue weighted by Crippen LogP contribution is 2.32. The molecule has 3 aromatic rings. The molecule has 47 heavy (non-hydrogen) atoms. The Bertz CT molecular complexity index is 1520. The molecule has 1 fully saturated rings. The lowest BCUT2D eigenvalue weighted by molar-refractivity contribution is -0.144. The van der Waals surface area contributed by atoms with Crippen molar-refractivity contribution >= 4 is 17.7 Å². The summed E-state index contributed by atoms with van der Waals surface area (Å²) in [6, 6.07) is 25.7. The van der Waals surface area contributed by atoms with Gasteiger partial charge in [0, 0.05) is 38.2 Å². The Balaban J connectivity index is 1.66. The summed E-state index contributed by atoms with van der Waals surface area (Å²) in [7, 11) is 1.63. The van der Waals surface area contributed by atoms with E-state index in [1.165, 1.54) is 15.9 Å². The van der Waals surface area contributed by atoms with Gasteiger partial charge in [0.15, 0.2) is 0 Å². The van der Waals surface area contributed by atoms with Gasteiger partial charge in [-0.1, -0.05) is 97.1 Å². The number of rotatable bonds is 15. The van der Waals surface area contributed by atoms with Gasteiger partial charge >= 0.3 is 0 Å². The van der Waals surface area contributed by atoms with Crippen LogP contribution in [0.1, 0.15) is 50.7 Å². The van der Waals surface area contributed by atoms with E-state index in [0.717, 1.165) is 41.5 Å². The molecule has 1 aliphatic rings. The summed E-state index contributed by atoms with van der Waals surface area (Å²) in [6.45, 7) is 3.42. The van der Waals surface area contributed by atoms with Gasteiger partial charge in [0.1, 0.15) is 12.1 Å². The van der Waals surface area contributed by atoms with Crippen LogP contribution < -0.4 is 11.1 Å². The van der Waals surface area contributed by atoms with E-state index in [2.05, 4.69) is 5.32 Å². The lowest BCUT2D eigenvalue weighted by Gasteiger charge is -2.37. The molecule has 1 saturated carbocycles. The molecule has 0 bridgehead atoms. The smallest absolute Gasteiger partial charge is 0.250 e. The number of carbonyl (C=O) groups excluding carboxylic acids is 3. The molecule has 0 unspecified atom stereocenters. The monoisotopic (exact) mass is 636 g/mol. The highest BCUT2D eigenvalue weighted by Gasteiger charge is 2.36. The van der Waals surface area contributed by atoms with E-state index in [9.17, 15) is 19.5 Å². The molecule has 0 radical (unpaired) electrons. The van der Waals surface area contributed by atoms with Crippen molar-refractivity contribution in [1.82, 2.24) is 15.1 Å². The van der Waals surface area contributed by atoms with Crippen LogP contribution in [0.4, 0.5) is 0 Å². The van der Waals surface area contributed by atoms with E-state index in [4.69, 9.17) is 5.73 Å². The van der Waals surface area contributed by atoms with Crippen LogP contribution in [0.25, 0.3) is 11.1 Å². The fourth-order valence-electron chi connectivity index (χ4n) is 5.76. The number of benzene rings is 3. The summed E-state index contributed by atoms with van der Waals surface area (Å²) in [5.41, 5.74) is 9.99. The molecular weight excluding hydrogens is 588 g/mol. The molecule has 4 N–H and O–H groups in total. The average molecular weight is 637 g/mol. The quantitative estimate of drug-likeness (QED) is 0.203. The summed E-state index contributed by atoms with van der Waals surface area (Å²) in [5.74, 6) is -1.09. The molecule has 8 nitrogen and oxygen atoms in total. The van der Waals surface area contributed by atoms with E-state index in [0.29, 0.717) is 6.42 Å². The first-order valence-corrected chi connectivity index (χ1v) is 16.4. The average Bonchev–Trinajstić information content (AvgIpc) is 3.07. The number of amides is 3. The zero-order valence-corrected chi connectivity index (χ0v) is 27.7. The molecule has 3 atom stereocenters. The number of nitrogens with one attached hydrogen (secondary N) is 1. The van der Waals surface area contributed by atoms with Crippen LogP contribution in [-0.4, -0.2) is 69.9 Å². The summed E-state index contributed by atoms with van der Waals surface area (Å²) in [4.78, 5) is 44.7. The topological polar surface area (TPSA) is 116 Å². The highest BCUT2D eigenvalue weighted by atomic mass is 16.3. The van der Waals surface area contributed by atoms with Gasteiger partial charge < -0.3 is 26.0 Å². The minimum atomic E-state index is -0.919. The van der Waals surface area contributed by atoms with Gasteiger partial charge in [-0.15, -0.1) is 0 Å². The second-order valence-corrected chi connectivity index (χ2v) is 12.6. The van der Waals surface area contributed by atoms with Gasteiger partial charge in [-0.3, -0.25) is 14.4 Å². The van der Waals surface area contributed by atoms with Gasteiger partial charge in [0.2, 0.25) is 17.7 Å². The van der Waals surface area contributed by atoms with Crippen molar-refractivity contribution < 1.29 is 19.5 Å². The molecule has 8 heteroatoms. The Hall–Kier alpha value is -4.53. The lowest BCUT2D eigenvalue weighted by Crippen LogP contribution is -2.55. The first-order chi connectivity index (χ1) is 22.6. The number of nitrogens with two attached hydrogens (primary N) is 1. The van der Waals surface area contributed by atoms with Crippen molar-refractivity contribution in [3.63, 3.8) is 0 Å². The molecule has 3 aromatic carbocycles. The maximum Gasteiger partial charge on any atom is 0.250 e. The van der Waals surface area contributed by atoms with Crippen LogP contribution in [0.15, 0.2) is 109 Å². The van der Waals surface area contributed by atoms with Crippen LogP contribution in [0, 0.1) is 0 Å². The number of aliphatic hydroxyl groups is 1. The second-order valence-electron chi connectivity index (χ2n) is 12.6. The molecule has 1 aliphatic carbocycles. The number of nitrogens with zero attached hydrogens (tertiary/aromatic N) is 2. The third-order valence-corrected chi connectivity index (χ3v) is 8.77. The third kappa shape index (κ3) is 9.98. The van der Waals surface area contributed by atoms with E-state index in [1.807, 2.05) is 84.9 Å². The summed E-state index contributed by atoms with van der Waals surface area (Å²) < 4.78 is 0. The molecule has 0 aliphatic heterocycles. The largest absolute Gasteiger partial charge is 0.392 e. The number of likely N-dealkylation sites (N-methyl/N-ethyl adjacent to an activating group) is 1. The van der Waals surface area contributed by atoms with Crippen molar-refractivity contribution in [2.75, 3.05) is 13.6 Å². The van der Waals surface area contributed by atoms with Crippen molar-refractivity contribution in [2.45, 2.75) is 76.1 Å². The van der Waals surface area contributed by atoms with Gasteiger partial charge in [-0.25, -0.2) is 0 Å². The molecular formula is C39H48N4O4. The number of hydrogen-bond donors (Lipinski definition) is 3. The summed E-state index contributed by atoms with van der Waals surface area (Å²) >= 11 is 0. The molecule has 0 saturated heterocycles. The van der Waals surface area contributed by atoms with Gasteiger partial charge in [-0.2, -0.15) is 0 Å². The molecule has 0 spiro atoms. The van der Waals surface area contributed by atoms with E-state index in [1.54, 1.807) is 39.2 Å². The van der Waals surface area contributed by atoms with Gasteiger partial charge in [-0.05, 0) is 67.9 Å². The number of aliphatic hydroxyl groups excluding tert-OH is 1. The standard InChI is InChI=1S/C39H48N4O4/c1-4-25-43(34(37(46)41-28-29(2)44)26-30-13-7-5-8-14-30)38(47)35(42(3)36(45)17-11-22-39(40)23-12-24-39)27-31-18-20-33(21-19-31)32-15-9-6-10-16-32/h4-11,13-21,25,29,34-35,44H,12,22-24,26-28,40H2,1-3H3,(H,41,46)/b17-11+,25-4-/t29-,34-,35-/m1/s1. The second kappa shape index (κ2) is 16.9. The molecule has 0 aromatic heterocycles. The molecule has 4 rings (SSSR count). The maximum atomic E-state index is 14.6. The number of allylic oxidation sites excluding steroid dienone is 1. The van der Waals surface area contributed by atoms with Gasteiger partial charge in [0.05, 0.1) is 6.10 Å². The molecule has 248 valence electrons. The zero-order valence-electron chi connectivity index (χ0n) is 27.7. The Morgan fingerprint density at radius 1 is 0.894 bits per heavy atom. The lowest BCUT2D eigenvalue weighted by atomic mass is 9.75. The van der Waals surface area contributed by atoms with Gasteiger partial charge in [0.25, 0.3) is 0 Å². The SMILES string of the molecule is C/C=C\N(C(=O)[C@@H](Cc1ccc(-c2ccccc2)cc1)N(C)C(=O)/C=C/CC1(N)CCC1)[C@H](Cc1ccccc1)C(=O)NC[C@@H](C)O. The maximum absolute atomic E-state index is 14.6. The minimum Gasteiger partial charge on any atom is -0.392 e. The first kappa shape index (κ1) is 35.3. The predicted molar refractivity (Wildman–Crippen MR) is 187 cm³/mol. The molecule has 3 amide bonds. The Labute approximate surface area is 279 Å². The Kier molecular flexibility index (Phi) is 12.7. The van der Waals surface area contributed by atoms with Crippen molar-refractivity contribution in [1.29, 1.82) is 0 Å². The Morgan fingerprint density at radius 3 is 2.04 bits per heavy atom. The van der Waals surface area contributed by atoms with Crippen LogP contribution in [-0.2, 0) is 27.2 Å². The van der Waals surface area contributed by atoms with E-state index in [-0.39, 0.29) is 36.7 Å².